The van der Waals surface area contributed by atoms with E-state index in [9.17, 15) is 14.4 Å². The van der Waals surface area contributed by atoms with Gasteiger partial charge in [0, 0.05) is 5.56 Å². The predicted octanol–water partition coefficient (Wildman–Crippen LogP) is 1.29. The number of hydrogen-bond acceptors (Lipinski definition) is 4. The minimum atomic E-state index is -1.35. The van der Waals surface area contributed by atoms with Crippen LogP contribution in [0.25, 0.3) is 0 Å². The molecular weight excluding hydrogens is 228 g/mol. The molecule has 0 aliphatic rings. The molecular formula is C11H10O6. The van der Waals surface area contributed by atoms with Crippen molar-refractivity contribution in [1.82, 2.24) is 0 Å². The van der Waals surface area contributed by atoms with Crippen molar-refractivity contribution in [2.24, 2.45) is 0 Å². The first kappa shape index (κ1) is 12.7. The standard InChI is InChI=1S/C11H10O6/c1-2-17-9-7(10(13)14)3-6(5-12)4-8(9)11(15)16/h3-5H,2H2,1H3,(H,13,14)(H,15,16). The van der Waals surface area contributed by atoms with Gasteiger partial charge in [0.2, 0.25) is 0 Å². The Kier molecular flexibility index (Phi) is 3.82. The van der Waals surface area contributed by atoms with Crippen LogP contribution >= 0.6 is 0 Å². The first-order valence-corrected chi connectivity index (χ1v) is 4.73. The SMILES string of the molecule is CCOc1c(C(=O)O)cc(C=O)cc1C(=O)O. The van der Waals surface area contributed by atoms with Gasteiger partial charge in [-0.25, -0.2) is 9.59 Å². The maximum atomic E-state index is 11.0. The number of carboxylic acids is 2. The van der Waals surface area contributed by atoms with E-state index in [2.05, 4.69) is 0 Å². The summed E-state index contributed by atoms with van der Waals surface area (Å²) in [5.74, 6) is -2.93. The Bertz CT molecular complexity index is 442. The van der Waals surface area contributed by atoms with Crippen LogP contribution in [0.2, 0.25) is 0 Å². The fourth-order valence-corrected chi connectivity index (χ4v) is 1.34. The summed E-state index contributed by atoms with van der Waals surface area (Å²) in [4.78, 5) is 32.5. The van der Waals surface area contributed by atoms with Gasteiger partial charge in [0.05, 0.1) is 6.61 Å². The zero-order valence-electron chi connectivity index (χ0n) is 8.97. The van der Waals surface area contributed by atoms with Crippen LogP contribution in [0.1, 0.15) is 38.0 Å². The van der Waals surface area contributed by atoms with Crippen molar-refractivity contribution < 1.29 is 29.3 Å². The highest BCUT2D eigenvalue weighted by atomic mass is 16.5. The lowest BCUT2D eigenvalue weighted by atomic mass is 10.0. The van der Waals surface area contributed by atoms with E-state index in [0.717, 1.165) is 12.1 Å². The van der Waals surface area contributed by atoms with Crippen LogP contribution in [0, 0.1) is 0 Å². The Morgan fingerprint density at radius 2 is 1.71 bits per heavy atom. The molecule has 0 spiro atoms. The van der Waals surface area contributed by atoms with Crippen molar-refractivity contribution in [2.75, 3.05) is 6.61 Å². The second kappa shape index (κ2) is 5.11. The fourth-order valence-electron chi connectivity index (χ4n) is 1.34. The molecule has 0 aliphatic carbocycles. The number of carbonyl (C=O) groups is 3. The van der Waals surface area contributed by atoms with E-state index >= 15 is 0 Å². The van der Waals surface area contributed by atoms with E-state index < -0.39 is 11.9 Å². The Labute approximate surface area is 96.4 Å². The summed E-state index contributed by atoms with van der Waals surface area (Å²) in [7, 11) is 0. The molecule has 90 valence electrons. The largest absolute Gasteiger partial charge is 0.492 e. The number of hydrogen-bond donors (Lipinski definition) is 2. The van der Waals surface area contributed by atoms with Gasteiger partial charge in [0.15, 0.2) is 0 Å². The van der Waals surface area contributed by atoms with Crippen molar-refractivity contribution >= 4 is 18.2 Å². The van der Waals surface area contributed by atoms with Crippen molar-refractivity contribution in [3.05, 3.63) is 28.8 Å². The normalized spacial score (nSPS) is 9.71. The number of benzene rings is 1. The minimum absolute atomic E-state index is 0.0248. The second-order valence-corrected chi connectivity index (χ2v) is 3.11. The summed E-state index contributed by atoms with van der Waals surface area (Å²) in [6.45, 7) is 1.73. The summed E-state index contributed by atoms with van der Waals surface area (Å²) in [5.41, 5.74) is -0.703. The number of rotatable bonds is 5. The number of aldehydes is 1. The molecule has 6 nitrogen and oxygen atoms in total. The van der Waals surface area contributed by atoms with E-state index in [1.54, 1.807) is 6.92 Å². The number of carbonyl (C=O) groups excluding carboxylic acids is 1. The lowest BCUT2D eigenvalue weighted by Gasteiger charge is -2.11. The lowest BCUT2D eigenvalue weighted by Crippen LogP contribution is -2.10. The smallest absolute Gasteiger partial charge is 0.339 e. The highest BCUT2D eigenvalue weighted by Crippen LogP contribution is 2.26. The molecule has 1 rings (SSSR count). The molecule has 0 aliphatic heterocycles. The van der Waals surface area contributed by atoms with Gasteiger partial charge in [0.25, 0.3) is 0 Å². The first-order valence-electron chi connectivity index (χ1n) is 4.73. The number of carboxylic acid groups (broad SMARTS) is 2. The molecule has 1 aromatic carbocycles. The summed E-state index contributed by atoms with van der Waals surface area (Å²) in [5, 5.41) is 17.9. The average molecular weight is 238 g/mol. The zero-order valence-corrected chi connectivity index (χ0v) is 8.97. The monoisotopic (exact) mass is 238 g/mol. The number of ether oxygens (including phenoxy) is 1. The molecule has 1 aromatic rings. The van der Waals surface area contributed by atoms with Gasteiger partial charge in [-0.15, -0.1) is 0 Å². The van der Waals surface area contributed by atoms with Crippen LogP contribution in [0.3, 0.4) is 0 Å². The van der Waals surface area contributed by atoms with E-state index in [4.69, 9.17) is 14.9 Å². The molecule has 0 saturated heterocycles. The molecule has 2 N–H and O–H groups in total. The van der Waals surface area contributed by atoms with Gasteiger partial charge in [-0.05, 0) is 19.1 Å². The Morgan fingerprint density at radius 3 is 2.00 bits per heavy atom. The lowest BCUT2D eigenvalue weighted by molar-refractivity contribution is 0.0689. The molecule has 0 amide bonds. The second-order valence-electron chi connectivity index (χ2n) is 3.11. The van der Waals surface area contributed by atoms with Crippen LogP contribution in [0.5, 0.6) is 5.75 Å². The minimum Gasteiger partial charge on any atom is -0.492 e. The summed E-state index contributed by atoms with van der Waals surface area (Å²) >= 11 is 0. The van der Waals surface area contributed by atoms with E-state index in [-0.39, 0.29) is 29.0 Å². The molecule has 0 saturated carbocycles. The van der Waals surface area contributed by atoms with Gasteiger partial charge in [0.1, 0.15) is 23.2 Å². The summed E-state index contributed by atoms with van der Waals surface area (Å²) < 4.78 is 5.01. The van der Waals surface area contributed by atoms with Crippen molar-refractivity contribution in [3.63, 3.8) is 0 Å². The highest BCUT2D eigenvalue weighted by Gasteiger charge is 2.21. The molecule has 0 bridgehead atoms. The van der Waals surface area contributed by atoms with E-state index in [1.165, 1.54) is 0 Å². The third-order valence-electron chi connectivity index (χ3n) is 2.00. The number of aromatic carboxylic acids is 2. The van der Waals surface area contributed by atoms with Crippen molar-refractivity contribution in [1.29, 1.82) is 0 Å². The van der Waals surface area contributed by atoms with Gasteiger partial charge in [-0.2, -0.15) is 0 Å². The molecule has 0 unspecified atom stereocenters. The van der Waals surface area contributed by atoms with Crippen LogP contribution in [0.15, 0.2) is 12.1 Å². The first-order chi connectivity index (χ1) is 8.01. The van der Waals surface area contributed by atoms with Gasteiger partial charge < -0.3 is 14.9 Å². The van der Waals surface area contributed by atoms with Crippen LogP contribution < -0.4 is 4.74 Å². The topological polar surface area (TPSA) is 101 Å². The Hall–Kier alpha value is -2.37. The van der Waals surface area contributed by atoms with Crippen LogP contribution in [-0.4, -0.2) is 35.0 Å². The summed E-state index contributed by atoms with van der Waals surface area (Å²) in [6.07, 6.45) is 0.384. The van der Waals surface area contributed by atoms with Gasteiger partial charge in [-0.3, -0.25) is 4.79 Å². The maximum Gasteiger partial charge on any atom is 0.339 e. The molecule has 17 heavy (non-hydrogen) atoms. The molecule has 0 radical (unpaired) electrons. The quantitative estimate of drug-likeness (QED) is 0.749. The Balaban J connectivity index is 3.54. The third-order valence-corrected chi connectivity index (χ3v) is 2.00. The fraction of sp³-hybridized carbons (Fsp3) is 0.182. The van der Waals surface area contributed by atoms with Crippen molar-refractivity contribution in [3.8, 4) is 5.75 Å². The van der Waals surface area contributed by atoms with Crippen LogP contribution in [0.4, 0.5) is 0 Å². The summed E-state index contributed by atoms with van der Waals surface area (Å²) in [6, 6.07) is 2.15. The van der Waals surface area contributed by atoms with Gasteiger partial charge >= 0.3 is 11.9 Å². The average Bonchev–Trinajstić information content (AvgIpc) is 2.28. The van der Waals surface area contributed by atoms with Crippen LogP contribution in [-0.2, 0) is 0 Å². The molecule has 6 heteroatoms. The molecule has 0 aromatic heterocycles. The maximum absolute atomic E-state index is 11.0. The van der Waals surface area contributed by atoms with Crippen molar-refractivity contribution in [2.45, 2.75) is 6.92 Å². The predicted molar refractivity (Wildman–Crippen MR) is 56.9 cm³/mol. The zero-order chi connectivity index (χ0) is 13.0. The molecule has 0 fully saturated rings. The third kappa shape index (κ3) is 2.60. The van der Waals surface area contributed by atoms with E-state index in [0.29, 0.717) is 6.29 Å². The Morgan fingerprint density at radius 1 is 1.24 bits per heavy atom. The van der Waals surface area contributed by atoms with Gasteiger partial charge in [-0.1, -0.05) is 0 Å². The highest BCUT2D eigenvalue weighted by molar-refractivity contribution is 6.01. The van der Waals surface area contributed by atoms with E-state index in [1.807, 2.05) is 0 Å². The molecule has 0 atom stereocenters. The molecule has 0 heterocycles.